The van der Waals surface area contributed by atoms with Crippen LogP contribution in [0.15, 0.2) is 47.1 Å². The first-order chi connectivity index (χ1) is 7.75. The van der Waals surface area contributed by atoms with Crippen LogP contribution in [-0.4, -0.2) is 4.98 Å². The van der Waals surface area contributed by atoms with Gasteiger partial charge in [-0.3, -0.25) is 4.98 Å². The quantitative estimate of drug-likeness (QED) is 0.923. The molecule has 0 radical (unpaired) electrons. The van der Waals surface area contributed by atoms with Crippen molar-refractivity contribution in [3.05, 3.63) is 58.3 Å². The van der Waals surface area contributed by atoms with Crippen molar-refractivity contribution in [2.24, 2.45) is 0 Å². The molecule has 0 aliphatic carbocycles. The maximum Gasteiger partial charge on any atom is 0.0594 e. The van der Waals surface area contributed by atoms with Gasteiger partial charge in [0.2, 0.25) is 0 Å². The van der Waals surface area contributed by atoms with E-state index in [1.807, 2.05) is 24.4 Å². The van der Waals surface area contributed by atoms with E-state index in [1.54, 1.807) is 0 Å². The molecule has 0 fully saturated rings. The summed E-state index contributed by atoms with van der Waals surface area (Å²) in [5.74, 6) is 0. The average Bonchev–Trinajstić information content (AvgIpc) is 2.32. The second-order valence-corrected chi connectivity index (χ2v) is 4.51. The van der Waals surface area contributed by atoms with E-state index in [4.69, 9.17) is 0 Å². The molecule has 16 heavy (non-hydrogen) atoms. The fourth-order valence-electron chi connectivity index (χ4n) is 1.46. The maximum atomic E-state index is 4.27. The number of halogens is 1. The Morgan fingerprint density at radius 2 is 2.12 bits per heavy atom. The molecule has 0 saturated carbocycles. The molecule has 0 amide bonds. The van der Waals surface area contributed by atoms with Crippen LogP contribution in [0, 0.1) is 6.92 Å². The average molecular weight is 277 g/mol. The monoisotopic (exact) mass is 276 g/mol. The van der Waals surface area contributed by atoms with E-state index in [-0.39, 0.29) is 0 Å². The van der Waals surface area contributed by atoms with Gasteiger partial charge >= 0.3 is 0 Å². The van der Waals surface area contributed by atoms with Gasteiger partial charge in [0.05, 0.1) is 12.2 Å². The van der Waals surface area contributed by atoms with E-state index in [0.717, 1.165) is 22.4 Å². The first-order valence-electron chi connectivity index (χ1n) is 5.15. The summed E-state index contributed by atoms with van der Waals surface area (Å²) in [5, 5.41) is 3.36. The zero-order valence-corrected chi connectivity index (χ0v) is 10.7. The highest BCUT2D eigenvalue weighted by molar-refractivity contribution is 9.10. The summed E-state index contributed by atoms with van der Waals surface area (Å²) in [6.45, 7) is 2.82. The molecule has 1 aromatic heterocycles. The summed E-state index contributed by atoms with van der Waals surface area (Å²) in [5.41, 5.74) is 3.38. The van der Waals surface area contributed by atoms with Crippen LogP contribution in [0.25, 0.3) is 0 Å². The van der Waals surface area contributed by atoms with Gasteiger partial charge < -0.3 is 5.32 Å². The minimum absolute atomic E-state index is 0.739. The summed E-state index contributed by atoms with van der Waals surface area (Å²) in [6.07, 6.45) is 1.81. The zero-order valence-electron chi connectivity index (χ0n) is 9.07. The number of aromatic nitrogens is 1. The molecule has 0 bridgehead atoms. The third-order valence-corrected chi connectivity index (χ3v) is 3.00. The van der Waals surface area contributed by atoms with Gasteiger partial charge in [0, 0.05) is 16.4 Å². The molecule has 0 aliphatic heterocycles. The number of pyridine rings is 1. The number of benzene rings is 1. The minimum atomic E-state index is 0.739. The van der Waals surface area contributed by atoms with Gasteiger partial charge in [-0.05, 0) is 52.7 Å². The Labute approximate surface area is 104 Å². The smallest absolute Gasteiger partial charge is 0.0594 e. The molecule has 1 aromatic carbocycles. The van der Waals surface area contributed by atoms with Crippen molar-refractivity contribution in [2.45, 2.75) is 13.5 Å². The minimum Gasteiger partial charge on any atom is -0.378 e. The molecule has 0 atom stereocenters. The van der Waals surface area contributed by atoms with Gasteiger partial charge in [0.15, 0.2) is 0 Å². The third-order valence-electron chi connectivity index (χ3n) is 2.31. The van der Waals surface area contributed by atoms with E-state index in [1.165, 1.54) is 5.56 Å². The van der Waals surface area contributed by atoms with Crippen LogP contribution < -0.4 is 5.32 Å². The lowest BCUT2D eigenvalue weighted by molar-refractivity contribution is 1.04. The van der Waals surface area contributed by atoms with E-state index in [9.17, 15) is 0 Å². The van der Waals surface area contributed by atoms with Crippen LogP contribution in [0.1, 0.15) is 11.3 Å². The normalized spacial score (nSPS) is 10.1. The molecule has 1 N–H and O–H groups in total. The molecular weight excluding hydrogens is 264 g/mol. The van der Waals surface area contributed by atoms with Crippen molar-refractivity contribution in [1.82, 2.24) is 4.98 Å². The summed E-state index contributed by atoms with van der Waals surface area (Å²) in [6, 6.07) is 12.2. The lowest BCUT2D eigenvalue weighted by atomic mass is 10.2. The van der Waals surface area contributed by atoms with Crippen molar-refractivity contribution in [3.63, 3.8) is 0 Å². The summed E-state index contributed by atoms with van der Waals surface area (Å²) in [7, 11) is 0. The fraction of sp³-hybridized carbons (Fsp3) is 0.154. The van der Waals surface area contributed by atoms with Crippen LogP contribution in [0.4, 0.5) is 5.69 Å². The number of aryl methyl sites for hydroxylation is 1. The molecular formula is C13H13BrN2. The Balaban J connectivity index is 2.08. The first-order valence-corrected chi connectivity index (χ1v) is 5.95. The molecule has 0 aliphatic rings. The van der Waals surface area contributed by atoms with Crippen molar-refractivity contribution < 1.29 is 0 Å². The summed E-state index contributed by atoms with van der Waals surface area (Å²) in [4.78, 5) is 4.27. The van der Waals surface area contributed by atoms with Gasteiger partial charge in [-0.2, -0.15) is 0 Å². The summed E-state index contributed by atoms with van der Waals surface area (Å²) >= 11 is 3.52. The molecule has 0 saturated heterocycles. The second kappa shape index (κ2) is 5.12. The van der Waals surface area contributed by atoms with Crippen molar-refractivity contribution in [2.75, 3.05) is 5.32 Å². The van der Waals surface area contributed by atoms with Gasteiger partial charge in [-0.15, -0.1) is 0 Å². The van der Waals surface area contributed by atoms with Crippen LogP contribution >= 0.6 is 15.9 Å². The Kier molecular flexibility index (Phi) is 3.57. The predicted molar refractivity (Wildman–Crippen MR) is 70.4 cm³/mol. The Hall–Kier alpha value is -1.35. The number of anilines is 1. The standard InChI is InChI=1S/C13H13BrN2/c1-10-5-6-12(14)13(8-10)16-9-11-4-2-3-7-15-11/h2-8,16H,9H2,1H3. The fourth-order valence-corrected chi connectivity index (χ4v) is 1.85. The van der Waals surface area contributed by atoms with Gasteiger partial charge in [-0.25, -0.2) is 0 Å². The van der Waals surface area contributed by atoms with Gasteiger partial charge in [-0.1, -0.05) is 12.1 Å². The maximum absolute atomic E-state index is 4.27. The van der Waals surface area contributed by atoms with Crippen LogP contribution in [-0.2, 0) is 6.54 Å². The van der Waals surface area contributed by atoms with Crippen molar-refractivity contribution >= 4 is 21.6 Å². The highest BCUT2D eigenvalue weighted by atomic mass is 79.9. The molecule has 2 nitrogen and oxygen atoms in total. The highest BCUT2D eigenvalue weighted by Crippen LogP contribution is 2.23. The molecule has 1 heterocycles. The molecule has 2 rings (SSSR count). The Bertz CT molecular complexity index is 469. The van der Waals surface area contributed by atoms with Crippen molar-refractivity contribution in [3.8, 4) is 0 Å². The lowest BCUT2D eigenvalue weighted by Crippen LogP contribution is -2.01. The second-order valence-electron chi connectivity index (χ2n) is 3.66. The van der Waals surface area contributed by atoms with E-state index >= 15 is 0 Å². The predicted octanol–water partition coefficient (Wildman–Crippen LogP) is 3.76. The third kappa shape index (κ3) is 2.83. The highest BCUT2D eigenvalue weighted by Gasteiger charge is 1.99. The van der Waals surface area contributed by atoms with E-state index in [0.29, 0.717) is 0 Å². The lowest BCUT2D eigenvalue weighted by Gasteiger charge is -2.08. The molecule has 0 spiro atoms. The zero-order chi connectivity index (χ0) is 11.4. The molecule has 82 valence electrons. The molecule has 3 heteroatoms. The molecule has 0 unspecified atom stereocenters. The number of rotatable bonds is 3. The Morgan fingerprint density at radius 1 is 1.25 bits per heavy atom. The topological polar surface area (TPSA) is 24.9 Å². The van der Waals surface area contributed by atoms with Crippen LogP contribution in [0.3, 0.4) is 0 Å². The Morgan fingerprint density at radius 3 is 2.88 bits per heavy atom. The first kappa shape index (κ1) is 11.1. The number of nitrogens with zero attached hydrogens (tertiary/aromatic N) is 1. The number of hydrogen-bond donors (Lipinski definition) is 1. The van der Waals surface area contributed by atoms with Gasteiger partial charge in [0.1, 0.15) is 0 Å². The largest absolute Gasteiger partial charge is 0.378 e. The number of hydrogen-bond acceptors (Lipinski definition) is 2. The van der Waals surface area contributed by atoms with Crippen LogP contribution in [0.2, 0.25) is 0 Å². The van der Waals surface area contributed by atoms with E-state index < -0.39 is 0 Å². The SMILES string of the molecule is Cc1ccc(Br)c(NCc2ccccn2)c1. The summed E-state index contributed by atoms with van der Waals surface area (Å²) < 4.78 is 1.08. The van der Waals surface area contributed by atoms with Crippen molar-refractivity contribution in [1.29, 1.82) is 0 Å². The molecule has 2 aromatic rings. The van der Waals surface area contributed by atoms with Gasteiger partial charge in [0.25, 0.3) is 0 Å². The van der Waals surface area contributed by atoms with Crippen LogP contribution in [0.5, 0.6) is 0 Å². The number of nitrogens with one attached hydrogen (secondary N) is 1. The van der Waals surface area contributed by atoms with E-state index in [2.05, 4.69) is 51.4 Å².